The van der Waals surface area contributed by atoms with Crippen LogP contribution in [0.4, 0.5) is 0 Å². The molecule has 2 heterocycles. The first kappa shape index (κ1) is 16.1. The van der Waals surface area contributed by atoms with E-state index in [-0.39, 0.29) is 0 Å². The molecule has 1 fully saturated rings. The van der Waals surface area contributed by atoms with Crippen molar-refractivity contribution >= 4 is 21.6 Å². The average molecular weight is 349 g/mol. The van der Waals surface area contributed by atoms with Crippen molar-refractivity contribution in [1.82, 2.24) is 9.88 Å². The summed E-state index contributed by atoms with van der Waals surface area (Å²) in [4.78, 5) is 7.31. The van der Waals surface area contributed by atoms with Crippen LogP contribution in [0.2, 0.25) is 0 Å². The van der Waals surface area contributed by atoms with E-state index in [1.54, 1.807) is 12.1 Å². The van der Waals surface area contributed by atoms with Crippen molar-refractivity contribution in [1.29, 1.82) is 5.26 Å². The molecule has 3 aromatic rings. The summed E-state index contributed by atoms with van der Waals surface area (Å²) in [5, 5.41) is 10.1. The molecule has 0 bridgehead atoms. The Labute approximate surface area is 151 Å². The lowest BCUT2D eigenvalue weighted by Gasteiger charge is -2.22. The van der Waals surface area contributed by atoms with Crippen molar-refractivity contribution in [2.24, 2.45) is 0 Å². The molecule has 25 heavy (non-hydrogen) atoms. The van der Waals surface area contributed by atoms with Crippen LogP contribution in [-0.2, 0) is 0 Å². The number of nitriles is 1. The third kappa shape index (κ3) is 3.51. The van der Waals surface area contributed by atoms with Crippen molar-refractivity contribution < 1.29 is 4.74 Å². The van der Waals surface area contributed by atoms with Crippen LogP contribution in [0.15, 0.2) is 48.5 Å². The topological polar surface area (TPSA) is 49.1 Å². The maximum absolute atomic E-state index is 8.84. The molecule has 2 aromatic carbocycles. The Balaban J connectivity index is 1.38. The van der Waals surface area contributed by atoms with E-state index in [0.29, 0.717) is 18.2 Å². The Morgan fingerprint density at radius 3 is 2.84 bits per heavy atom. The highest BCUT2D eigenvalue weighted by molar-refractivity contribution is 7.18. The highest BCUT2D eigenvalue weighted by Crippen LogP contribution is 2.36. The summed E-state index contributed by atoms with van der Waals surface area (Å²) in [6.45, 7) is 2.63. The van der Waals surface area contributed by atoms with Crippen LogP contribution in [-0.4, -0.2) is 29.6 Å². The Kier molecular flexibility index (Phi) is 4.64. The Bertz CT molecular complexity index is 864. The van der Waals surface area contributed by atoms with Crippen LogP contribution in [0.25, 0.3) is 10.2 Å². The van der Waals surface area contributed by atoms with Gasteiger partial charge in [-0.2, -0.15) is 5.26 Å². The van der Waals surface area contributed by atoms with Crippen LogP contribution in [0.5, 0.6) is 5.75 Å². The second kappa shape index (κ2) is 7.22. The Hall–Kier alpha value is -2.42. The highest BCUT2D eigenvalue weighted by Gasteiger charge is 2.28. The van der Waals surface area contributed by atoms with Crippen LogP contribution in [0.3, 0.4) is 0 Å². The van der Waals surface area contributed by atoms with Gasteiger partial charge in [-0.1, -0.05) is 12.1 Å². The molecule has 1 aromatic heterocycles. The molecule has 0 spiro atoms. The van der Waals surface area contributed by atoms with E-state index in [1.165, 1.54) is 16.1 Å². The van der Waals surface area contributed by atoms with Gasteiger partial charge in [0.15, 0.2) is 0 Å². The molecule has 1 saturated heterocycles. The number of hydrogen-bond donors (Lipinski definition) is 0. The molecule has 0 N–H and O–H groups in total. The zero-order valence-electron chi connectivity index (χ0n) is 13.9. The van der Waals surface area contributed by atoms with Crippen LogP contribution in [0.1, 0.15) is 29.5 Å². The fraction of sp³-hybridized carbons (Fsp3) is 0.300. The number of likely N-dealkylation sites (tertiary alicyclic amines) is 1. The van der Waals surface area contributed by atoms with Gasteiger partial charge in [0.25, 0.3) is 0 Å². The van der Waals surface area contributed by atoms with Gasteiger partial charge in [-0.15, -0.1) is 11.3 Å². The molecule has 0 unspecified atom stereocenters. The number of rotatable bonds is 5. The zero-order chi connectivity index (χ0) is 17.1. The Morgan fingerprint density at radius 1 is 1.20 bits per heavy atom. The van der Waals surface area contributed by atoms with Crippen LogP contribution >= 0.6 is 11.3 Å². The lowest BCUT2D eigenvalue weighted by molar-refractivity contribution is 0.197. The van der Waals surface area contributed by atoms with Crippen molar-refractivity contribution in [2.45, 2.75) is 18.9 Å². The zero-order valence-corrected chi connectivity index (χ0v) is 14.7. The van der Waals surface area contributed by atoms with Gasteiger partial charge in [0.05, 0.1) is 27.9 Å². The molecule has 0 radical (unpaired) electrons. The number of benzene rings is 2. The number of aromatic nitrogens is 1. The number of thiazole rings is 1. The maximum atomic E-state index is 8.84. The van der Waals surface area contributed by atoms with Crippen molar-refractivity contribution in [3.8, 4) is 11.8 Å². The van der Waals surface area contributed by atoms with Crippen molar-refractivity contribution in [3.05, 3.63) is 59.1 Å². The van der Waals surface area contributed by atoms with E-state index in [9.17, 15) is 0 Å². The summed E-state index contributed by atoms with van der Waals surface area (Å²) in [5.74, 6) is 0.815. The van der Waals surface area contributed by atoms with Gasteiger partial charge in [0, 0.05) is 6.54 Å². The third-order valence-electron chi connectivity index (χ3n) is 4.59. The minimum atomic E-state index is 0.405. The van der Waals surface area contributed by atoms with Gasteiger partial charge in [0.1, 0.15) is 17.4 Å². The van der Waals surface area contributed by atoms with E-state index >= 15 is 0 Å². The second-order valence-corrected chi connectivity index (χ2v) is 7.26. The van der Waals surface area contributed by atoms with Crippen molar-refractivity contribution in [3.63, 3.8) is 0 Å². The largest absolute Gasteiger partial charge is 0.492 e. The number of ether oxygens (including phenoxy) is 1. The first-order chi connectivity index (χ1) is 12.3. The standard InChI is InChI=1S/C20H19N3OS/c21-14-15-7-9-16(10-8-15)24-13-12-23-11-3-5-18(23)20-22-17-4-1-2-6-19(17)25-20/h1-2,4,6-10,18H,3,5,11-13H2/t18-/m0/s1. The monoisotopic (exact) mass is 349 g/mol. The number of nitrogens with zero attached hydrogens (tertiary/aromatic N) is 3. The lowest BCUT2D eigenvalue weighted by atomic mass is 10.2. The minimum Gasteiger partial charge on any atom is -0.492 e. The molecule has 0 aliphatic carbocycles. The summed E-state index contributed by atoms with van der Waals surface area (Å²) in [6, 6.07) is 18.2. The van der Waals surface area contributed by atoms with Gasteiger partial charge >= 0.3 is 0 Å². The van der Waals surface area contributed by atoms with Gasteiger partial charge in [-0.25, -0.2) is 4.98 Å². The summed E-state index contributed by atoms with van der Waals surface area (Å²) in [5.41, 5.74) is 1.76. The predicted molar refractivity (Wildman–Crippen MR) is 99.8 cm³/mol. The molecule has 5 heteroatoms. The first-order valence-corrected chi connectivity index (χ1v) is 9.37. The molecular weight excluding hydrogens is 330 g/mol. The second-order valence-electron chi connectivity index (χ2n) is 6.20. The van der Waals surface area contributed by atoms with Crippen LogP contribution < -0.4 is 4.74 Å². The first-order valence-electron chi connectivity index (χ1n) is 8.56. The van der Waals surface area contributed by atoms with E-state index in [1.807, 2.05) is 29.5 Å². The van der Waals surface area contributed by atoms with E-state index < -0.39 is 0 Å². The fourth-order valence-electron chi connectivity index (χ4n) is 3.31. The van der Waals surface area contributed by atoms with Gasteiger partial charge in [-0.3, -0.25) is 4.90 Å². The molecule has 1 aliphatic heterocycles. The molecule has 0 amide bonds. The molecule has 4 rings (SSSR count). The van der Waals surface area contributed by atoms with Crippen molar-refractivity contribution in [2.75, 3.05) is 19.7 Å². The van der Waals surface area contributed by atoms with E-state index in [2.05, 4.69) is 29.2 Å². The summed E-state index contributed by atoms with van der Waals surface area (Å²) < 4.78 is 7.10. The molecular formula is C20H19N3OS. The number of hydrogen-bond acceptors (Lipinski definition) is 5. The fourth-order valence-corrected chi connectivity index (χ4v) is 4.45. The lowest BCUT2D eigenvalue weighted by Crippen LogP contribution is -2.28. The third-order valence-corrected chi connectivity index (χ3v) is 5.73. The average Bonchev–Trinajstić information content (AvgIpc) is 3.28. The van der Waals surface area contributed by atoms with E-state index in [4.69, 9.17) is 15.0 Å². The number of para-hydroxylation sites is 1. The smallest absolute Gasteiger partial charge is 0.119 e. The van der Waals surface area contributed by atoms with Gasteiger partial charge in [0.2, 0.25) is 0 Å². The van der Waals surface area contributed by atoms with E-state index in [0.717, 1.165) is 30.8 Å². The van der Waals surface area contributed by atoms with Crippen LogP contribution in [0, 0.1) is 11.3 Å². The molecule has 1 atom stereocenters. The maximum Gasteiger partial charge on any atom is 0.119 e. The molecule has 0 saturated carbocycles. The SMILES string of the molecule is N#Cc1ccc(OCCN2CCC[C@H]2c2nc3ccccc3s2)cc1. The predicted octanol–water partition coefficient (Wildman–Crippen LogP) is 4.38. The van der Waals surface area contributed by atoms with Gasteiger partial charge < -0.3 is 4.74 Å². The summed E-state index contributed by atoms with van der Waals surface area (Å²) in [7, 11) is 0. The highest BCUT2D eigenvalue weighted by atomic mass is 32.1. The summed E-state index contributed by atoms with van der Waals surface area (Å²) >= 11 is 1.81. The number of fused-ring (bicyclic) bond motifs is 1. The molecule has 1 aliphatic rings. The molecule has 126 valence electrons. The quantitative estimate of drug-likeness (QED) is 0.686. The minimum absolute atomic E-state index is 0.405. The summed E-state index contributed by atoms with van der Waals surface area (Å²) in [6.07, 6.45) is 2.37. The molecule has 4 nitrogen and oxygen atoms in total. The normalized spacial score (nSPS) is 17.6. The van der Waals surface area contributed by atoms with Gasteiger partial charge in [-0.05, 0) is 55.8 Å². The Morgan fingerprint density at radius 2 is 2.04 bits per heavy atom.